The van der Waals surface area contributed by atoms with Crippen molar-refractivity contribution in [3.63, 3.8) is 0 Å². The Bertz CT molecular complexity index is 643. The van der Waals surface area contributed by atoms with Crippen molar-refractivity contribution in [2.45, 2.75) is 26.6 Å². The highest BCUT2D eigenvalue weighted by Gasteiger charge is 2.37. The summed E-state index contributed by atoms with van der Waals surface area (Å²) in [6.07, 6.45) is 5.12. The highest BCUT2D eigenvalue weighted by molar-refractivity contribution is 6.53. The third kappa shape index (κ3) is 3.23. The number of Topliss-reactive ketones (excluding diaryl/α,β-unsaturated/α-hetero) is 1. The normalized spacial score (nSPS) is 14.9. The van der Waals surface area contributed by atoms with Gasteiger partial charge in [-0.25, -0.2) is 0 Å². The minimum absolute atomic E-state index is 0.0573. The number of halogens is 4. The van der Waals surface area contributed by atoms with Gasteiger partial charge in [0.25, 0.3) is 0 Å². The number of hydrogen-bond acceptors (Lipinski definition) is 3. The number of fused-ring (bicyclic) bond motifs is 1. The third-order valence-electron chi connectivity index (χ3n) is 2.95. The molecule has 0 atom stereocenters. The second kappa shape index (κ2) is 7.14. The number of carbonyl (C=O) groups excluding carboxylic acids is 1. The Labute approximate surface area is 148 Å². The summed E-state index contributed by atoms with van der Waals surface area (Å²) in [6, 6.07) is 0. The lowest BCUT2D eigenvalue weighted by Crippen LogP contribution is -2.29. The van der Waals surface area contributed by atoms with Gasteiger partial charge in [0, 0.05) is 0 Å². The highest BCUT2D eigenvalue weighted by Crippen LogP contribution is 2.53. The van der Waals surface area contributed by atoms with E-state index in [9.17, 15) is 4.79 Å². The second-order valence-electron chi connectivity index (χ2n) is 4.53. The summed E-state index contributed by atoms with van der Waals surface area (Å²) in [5.41, 5.74) is 0.479. The van der Waals surface area contributed by atoms with Crippen LogP contribution in [-0.2, 0) is 4.79 Å². The number of allylic oxidation sites excluding steroid dienone is 3. The predicted octanol–water partition coefficient (Wildman–Crippen LogP) is 5.88. The van der Waals surface area contributed by atoms with Gasteiger partial charge in [-0.1, -0.05) is 71.6 Å². The Morgan fingerprint density at radius 3 is 2.00 bits per heavy atom. The number of carbonyl (C=O) groups is 1. The van der Waals surface area contributed by atoms with Crippen LogP contribution < -0.4 is 9.47 Å². The van der Waals surface area contributed by atoms with Crippen LogP contribution in [0.3, 0.4) is 0 Å². The first-order chi connectivity index (χ1) is 10.4. The Hall–Kier alpha value is -0.870. The van der Waals surface area contributed by atoms with Crippen LogP contribution in [0.15, 0.2) is 23.8 Å². The molecule has 0 aliphatic carbocycles. The number of hydrogen-bond donors (Lipinski definition) is 0. The molecule has 2 rings (SSSR count). The van der Waals surface area contributed by atoms with Crippen molar-refractivity contribution in [2.24, 2.45) is 0 Å². The van der Waals surface area contributed by atoms with Gasteiger partial charge in [-0.3, -0.25) is 4.79 Å². The fourth-order valence-corrected chi connectivity index (χ4v) is 2.67. The van der Waals surface area contributed by atoms with Gasteiger partial charge in [-0.05, 0) is 18.9 Å². The molecule has 1 aromatic rings. The molecule has 3 nitrogen and oxygen atoms in total. The first-order valence-corrected chi connectivity index (χ1v) is 7.96. The van der Waals surface area contributed by atoms with Gasteiger partial charge < -0.3 is 9.47 Å². The van der Waals surface area contributed by atoms with Crippen molar-refractivity contribution in [3.8, 4) is 11.5 Å². The van der Waals surface area contributed by atoms with Crippen molar-refractivity contribution in [3.05, 3.63) is 43.9 Å². The number of ether oxygens (including phenoxy) is 2. The minimum atomic E-state index is -1.16. The molecule has 0 saturated heterocycles. The van der Waals surface area contributed by atoms with Gasteiger partial charge in [0.1, 0.15) is 10.0 Å². The lowest BCUT2D eigenvalue weighted by Gasteiger charge is -2.08. The van der Waals surface area contributed by atoms with E-state index in [4.69, 9.17) is 55.9 Å². The van der Waals surface area contributed by atoms with Crippen molar-refractivity contribution in [1.29, 1.82) is 0 Å². The van der Waals surface area contributed by atoms with Crippen LogP contribution in [0.25, 0.3) is 0 Å². The molecule has 1 aliphatic rings. The van der Waals surface area contributed by atoms with Crippen LogP contribution in [0.1, 0.15) is 20.3 Å². The highest BCUT2D eigenvalue weighted by atomic mass is 35.5. The summed E-state index contributed by atoms with van der Waals surface area (Å²) in [7, 11) is 0. The quantitative estimate of drug-likeness (QED) is 0.282. The van der Waals surface area contributed by atoms with Crippen LogP contribution in [0, 0.1) is 0 Å². The molecule has 0 aromatic heterocycles. The minimum Gasteiger partial charge on any atom is -0.442 e. The molecule has 0 fully saturated rings. The van der Waals surface area contributed by atoms with Crippen LogP contribution in [-0.4, -0.2) is 12.1 Å². The molecule has 0 saturated carbocycles. The van der Waals surface area contributed by atoms with Crippen molar-refractivity contribution < 1.29 is 14.3 Å². The van der Waals surface area contributed by atoms with Gasteiger partial charge in [0.2, 0.25) is 5.78 Å². The first kappa shape index (κ1) is 17.5. The average molecular weight is 382 g/mol. The Morgan fingerprint density at radius 1 is 1.05 bits per heavy atom. The lowest BCUT2D eigenvalue weighted by molar-refractivity contribution is -0.130. The summed E-state index contributed by atoms with van der Waals surface area (Å²) in [5.74, 6) is -0.0936. The fraction of sp³-hybridized carbons (Fsp3) is 0.267. The standard InChI is InChI=1S/C15H12Cl4O3/c1-3-4-5-6-7(2)12(20)15-21-13-10(18)8(16)9(17)11(19)14(13)22-15/h4-6,15H,3H2,1-2H3/b5-4-,7-6+. The zero-order valence-corrected chi connectivity index (χ0v) is 14.8. The van der Waals surface area contributed by atoms with Gasteiger partial charge in [0.05, 0.1) is 10.0 Å². The first-order valence-electron chi connectivity index (χ1n) is 6.45. The van der Waals surface area contributed by atoms with Gasteiger partial charge >= 0.3 is 6.29 Å². The molecule has 1 aliphatic heterocycles. The summed E-state index contributed by atoms with van der Waals surface area (Å²) >= 11 is 24.0. The van der Waals surface area contributed by atoms with E-state index in [1.54, 1.807) is 19.1 Å². The largest absolute Gasteiger partial charge is 0.442 e. The van der Waals surface area contributed by atoms with Crippen molar-refractivity contribution in [1.82, 2.24) is 0 Å². The molecule has 1 aromatic carbocycles. The van der Waals surface area contributed by atoms with E-state index in [1.807, 2.05) is 13.0 Å². The maximum Gasteiger partial charge on any atom is 0.305 e. The molecule has 22 heavy (non-hydrogen) atoms. The molecule has 0 bridgehead atoms. The van der Waals surface area contributed by atoms with Crippen molar-refractivity contribution in [2.75, 3.05) is 0 Å². The molecular formula is C15H12Cl4O3. The van der Waals surface area contributed by atoms with E-state index < -0.39 is 6.29 Å². The summed E-state index contributed by atoms with van der Waals surface area (Å²) in [4.78, 5) is 12.3. The zero-order valence-electron chi connectivity index (χ0n) is 11.8. The maximum absolute atomic E-state index is 12.3. The fourth-order valence-electron chi connectivity index (χ4n) is 1.76. The molecule has 0 amide bonds. The van der Waals surface area contributed by atoms with Crippen LogP contribution in [0.5, 0.6) is 11.5 Å². The second-order valence-corrected chi connectivity index (χ2v) is 6.04. The number of benzene rings is 1. The molecule has 0 radical (unpaired) electrons. The topological polar surface area (TPSA) is 35.5 Å². The van der Waals surface area contributed by atoms with Crippen LogP contribution in [0.4, 0.5) is 0 Å². The van der Waals surface area contributed by atoms with Gasteiger partial charge in [0.15, 0.2) is 11.5 Å². The maximum atomic E-state index is 12.3. The monoisotopic (exact) mass is 380 g/mol. The number of rotatable bonds is 4. The summed E-state index contributed by atoms with van der Waals surface area (Å²) in [5, 5.41) is 0.242. The molecule has 7 heteroatoms. The molecular weight excluding hydrogens is 370 g/mol. The van der Waals surface area contributed by atoms with E-state index in [0.717, 1.165) is 6.42 Å². The predicted molar refractivity (Wildman–Crippen MR) is 89.7 cm³/mol. The average Bonchev–Trinajstić information content (AvgIpc) is 2.95. The summed E-state index contributed by atoms with van der Waals surface area (Å²) < 4.78 is 10.9. The van der Waals surface area contributed by atoms with Crippen molar-refractivity contribution >= 4 is 52.2 Å². The lowest BCUT2D eigenvalue weighted by atomic mass is 10.1. The van der Waals surface area contributed by atoms with E-state index in [1.165, 1.54) is 0 Å². The molecule has 1 heterocycles. The molecule has 118 valence electrons. The summed E-state index contributed by atoms with van der Waals surface area (Å²) in [6.45, 7) is 3.67. The van der Waals surface area contributed by atoms with E-state index in [-0.39, 0.29) is 37.4 Å². The van der Waals surface area contributed by atoms with Gasteiger partial charge in [-0.15, -0.1) is 0 Å². The SMILES string of the molecule is CC/C=C\C=C(/C)C(=O)C1Oc2c(Cl)c(Cl)c(Cl)c(Cl)c2O1. The molecule has 0 unspecified atom stereocenters. The Balaban J connectivity index is 2.28. The Kier molecular flexibility index (Phi) is 5.67. The zero-order chi connectivity index (χ0) is 16.4. The van der Waals surface area contributed by atoms with Crippen LogP contribution >= 0.6 is 46.4 Å². The smallest absolute Gasteiger partial charge is 0.305 e. The van der Waals surface area contributed by atoms with E-state index in [2.05, 4.69) is 0 Å². The molecule has 0 spiro atoms. The Morgan fingerprint density at radius 2 is 1.55 bits per heavy atom. The van der Waals surface area contributed by atoms with Gasteiger partial charge in [-0.2, -0.15) is 0 Å². The number of ketones is 1. The van der Waals surface area contributed by atoms with Crippen LogP contribution in [0.2, 0.25) is 20.1 Å². The van der Waals surface area contributed by atoms with E-state index in [0.29, 0.717) is 5.57 Å². The van der Waals surface area contributed by atoms with E-state index >= 15 is 0 Å². The molecule has 0 N–H and O–H groups in total. The third-order valence-corrected chi connectivity index (χ3v) is 4.72.